The molecule has 0 unspecified atom stereocenters. The predicted octanol–water partition coefficient (Wildman–Crippen LogP) is 7.32. The SMILES string of the molecule is COc1ccc([C@@H]2C3=C(N=c4s/c(=C\c5ccc(OCc6ccccc6Cl)c(Br)c5)c(=O)n42)c2ccccc2CC3)cc1. The van der Waals surface area contributed by atoms with E-state index in [-0.39, 0.29) is 11.6 Å². The Morgan fingerprint density at radius 2 is 1.81 bits per heavy atom. The summed E-state index contributed by atoms with van der Waals surface area (Å²) in [5.41, 5.74) is 7.39. The topological polar surface area (TPSA) is 52.8 Å². The van der Waals surface area contributed by atoms with E-state index >= 15 is 0 Å². The second kappa shape index (κ2) is 11.6. The summed E-state index contributed by atoms with van der Waals surface area (Å²) in [6.45, 7) is 0.357. The zero-order valence-electron chi connectivity index (χ0n) is 23.2. The first kappa shape index (κ1) is 27.9. The molecule has 0 saturated heterocycles. The third-order valence-electron chi connectivity index (χ3n) is 7.90. The normalized spacial score (nSPS) is 15.8. The summed E-state index contributed by atoms with van der Waals surface area (Å²) in [4.78, 5) is 19.9. The Balaban J connectivity index is 1.29. The van der Waals surface area contributed by atoms with Crippen LogP contribution in [0.15, 0.2) is 111 Å². The van der Waals surface area contributed by atoms with E-state index in [2.05, 4.69) is 52.3 Å². The molecule has 4 aromatic carbocycles. The lowest BCUT2D eigenvalue weighted by molar-refractivity contribution is 0.304. The average molecular weight is 670 g/mol. The molecule has 43 heavy (non-hydrogen) atoms. The fourth-order valence-electron chi connectivity index (χ4n) is 5.75. The smallest absolute Gasteiger partial charge is 0.271 e. The molecule has 0 radical (unpaired) electrons. The number of hydrogen-bond acceptors (Lipinski definition) is 5. The number of methoxy groups -OCH3 is 1. The van der Waals surface area contributed by atoms with Crippen molar-refractivity contribution in [1.82, 2.24) is 4.57 Å². The van der Waals surface area contributed by atoms with Crippen LogP contribution in [0.25, 0.3) is 11.8 Å². The first-order chi connectivity index (χ1) is 21.0. The van der Waals surface area contributed by atoms with Gasteiger partial charge in [0.15, 0.2) is 4.80 Å². The minimum absolute atomic E-state index is 0.0508. The van der Waals surface area contributed by atoms with Crippen LogP contribution in [-0.4, -0.2) is 11.7 Å². The van der Waals surface area contributed by atoms with E-state index in [9.17, 15) is 4.79 Å². The van der Waals surface area contributed by atoms with Crippen molar-refractivity contribution in [3.63, 3.8) is 0 Å². The van der Waals surface area contributed by atoms with Gasteiger partial charge in [0.1, 0.15) is 18.1 Å². The van der Waals surface area contributed by atoms with Gasteiger partial charge in [-0.1, -0.05) is 83.6 Å². The Labute approximate surface area is 266 Å². The molecular weight excluding hydrogens is 644 g/mol. The van der Waals surface area contributed by atoms with Gasteiger partial charge in [-0.05, 0) is 87.4 Å². The Morgan fingerprint density at radius 3 is 2.60 bits per heavy atom. The zero-order valence-corrected chi connectivity index (χ0v) is 26.4. The maximum atomic E-state index is 14.1. The summed E-state index contributed by atoms with van der Waals surface area (Å²) >= 11 is 11.4. The predicted molar refractivity (Wildman–Crippen MR) is 176 cm³/mol. The number of rotatable bonds is 6. The Kier molecular flexibility index (Phi) is 7.55. The lowest BCUT2D eigenvalue weighted by atomic mass is 9.83. The molecule has 5 aromatic rings. The number of halogens is 2. The second-order valence-electron chi connectivity index (χ2n) is 10.5. The van der Waals surface area contributed by atoms with E-state index in [0.717, 1.165) is 51.0 Å². The molecule has 5 nitrogen and oxygen atoms in total. The van der Waals surface area contributed by atoms with E-state index < -0.39 is 0 Å². The number of allylic oxidation sites excluding steroid dienone is 1. The number of hydrogen-bond donors (Lipinski definition) is 0. The standard InChI is InChI=1S/C35H26BrClN2O3S/c1-41-25-14-11-23(12-15-25)33-27-16-13-22-6-2-4-8-26(22)32(27)38-35-39(33)34(40)31(43-35)19-21-10-17-30(28(36)18-21)42-20-24-7-3-5-9-29(24)37/h2-12,14-15,17-19,33H,13,16,20H2,1H3/b31-19-/t33-/m1/s1. The van der Waals surface area contributed by atoms with E-state index in [1.807, 2.05) is 65.2 Å². The van der Waals surface area contributed by atoms with Gasteiger partial charge in [0, 0.05) is 16.1 Å². The van der Waals surface area contributed by atoms with E-state index in [4.69, 9.17) is 26.1 Å². The van der Waals surface area contributed by atoms with Crippen LogP contribution in [0.2, 0.25) is 5.02 Å². The molecule has 2 heterocycles. The summed E-state index contributed by atoms with van der Waals surface area (Å²) in [6, 6.07) is 29.7. The number of aromatic nitrogens is 1. The quantitative estimate of drug-likeness (QED) is 0.190. The van der Waals surface area contributed by atoms with Gasteiger partial charge in [-0.3, -0.25) is 9.36 Å². The van der Waals surface area contributed by atoms with Crippen molar-refractivity contribution < 1.29 is 9.47 Å². The molecule has 7 rings (SSSR count). The molecule has 2 aliphatic rings. The van der Waals surface area contributed by atoms with Gasteiger partial charge in [0.05, 0.1) is 27.9 Å². The average Bonchev–Trinajstić information content (AvgIpc) is 3.34. The zero-order chi connectivity index (χ0) is 29.5. The second-order valence-corrected chi connectivity index (χ2v) is 12.7. The van der Waals surface area contributed by atoms with Gasteiger partial charge in [-0.15, -0.1) is 0 Å². The molecular formula is C35H26BrClN2O3S. The molecule has 1 atom stereocenters. The van der Waals surface area contributed by atoms with Gasteiger partial charge >= 0.3 is 0 Å². The summed E-state index contributed by atoms with van der Waals surface area (Å²) in [5, 5.41) is 0.670. The molecule has 1 aliphatic carbocycles. The van der Waals surface area contributed by atoms with Gasteiger partial charge in [-0.25, -0.2) is 4.99 Å². The summed E-state index contributed by atoms with van der Waals surface area (Å²) < 4.78 is 14.7. The van der Waals surface area contributed by atoms with Crippen LogP contribution < -0.4 is 24.4 Å². The molecule has 0 amide bonds. The van der Waals surface area contributed by atoms with Crippen molar-refractivity contribution in [2.24, 2.45) is 4.99 Å². The third kappa shape index (κ3) is 5.26. The van der Waals surface area contributed by atoms with Crippen molar-refractivity contribution >= 4 is 50.6 Å². The minimum atomic E-state index is -0.236. The van der Waals surface area contributed by atoms with E-state index in [0.29, 0.717) is 26.7 Å². The highest BCUT2D eigenvalue weighted by Gasteiger charge is 2.32. The number of fused-ring (bicyclic) bond motifs is 3. The maximum Gasteiger partial charge on any atom is 0.271 e. The van der Waals surface area contributed by atoms with Gasteiger partial charge in [-0.2, -0.15) is 0 Å². The first-order valence-electron chi connectivity index (χ1n) is 13.9. The van der Waals surface area contributed by atoms with Crippen molar-refractivity contribution in [1.29, 1.82) is 0 Å². The Morgan fingerprint density at radius 1 is 1.02 bits per heavy atom. The van der Waals surface area contributed by atoms with Crippen molar-refractivity contribution in [2.75, 3.05) is 7.11 Å². The van der Waals surface area contributed by atoms with E-state index in [1.54, 1.807) is 7.11 Å². The Bertz CT molecular complexity index is 2080. The van der Waals surface area contributed by atoms with Crippen LogP contribution in [0.5, 0.6) is 11.5 Å². The summed E-state index contributed by atoms with van der Waals surface area (Å²) in [5.74, 6) is 1.48. The molecule has 0 spiro atoms. The number of nitrogens with zero attached hydrogens (tertiary/aromatic N) is 2. The largest absolute Gasteiger partial charge is 0.497 e. The summed E-state index contributed by atoms with van der Waals surface area (Å²) in [6.07, 6.45) is 3.69. The number of benzene rings is 4. The maximum absolute atomic E-state index is 14.1. The molecule has 8 heteroatoms. The van der Waals surface area contributed by atoms with Crippen LogP contribution in [0, 0.1) is 0 Å². The highest BCUT2D eigenvalue weighted by atomic mass is 79.9. The molecule has 0 N–H and O–H groups in total. The third-order valence-corrected chi connectivity index (χ3v) is 9.87. The molecule has 1 aromatic heterocycles. The molecule has 0 saturated carbocycles. The van der Waals surface area contributed by atoms with Crippen LogP contribution in [-0.2, 0) is 13.0 Å². The first-order valence-corrected chi connectivity index (χ1v) is 15.9. The van der Waals surface area contributed by atoms with Crippen LogP contribution in [0.1, 0.15) is 40.3 Å². The van der Waals surface area contributed by atoms with E-state index in [1.165, 1.54) is 22.5 Å². The van der Waals surface area contributed by atoms with Gasteiger partial charge < -0.3 is 9.47 Å². The summed E-state index contributed by atoms with van der Waals surface area (Å²) in [7, 11) is 1.66. The van der Waals surface area contributed by atoms with Crippen LogP contribution in [0.4, 0.5) is 0 Å². The molecule has 1 aliphatic heterocycles. The Hall–Kier alpha value is -3.91. The fourth-order valence-corrected chi connectivity index (χ4v) is 7.46. The number of aryl methyl sites for hydroxylation is 1. The van der Waals surface area contributed by atoms with Crippen molar-refractivity contribution in [2.45, 2.75) is 25.5 Å². The van der Waals surface area contributed by atoms with Crippen LogP contribution in [0.3, 0.4) is 0 Å². The van der Waals surface area contributed by atoms with Crippen molar-refractivity contribution in [3.05, 3.63) is 154 Å². The lowest BCUT2D eigenvalue weighted by Gasteiger charge is -2.30. The van der Waals surface area contributed by atoms with Gasteiger partial charge in [0.2, 0.25) is 0 Å². The lowest BCUT2D eigenvalue weighted by Crippen LogP contribution is -2.38. The fraction of sp³-hybridized carbons (Fsp3) is 0.143. The molecule has 0 fully saturated rings. The van der Waals surface area contributed by atoms with Crippen molar-refractivity contribution in [3.8, 4) is 11.5 Å². The molecule has 214 valence electrons. The molecule has 0 bridgehead atoms. The minimum Gasteiger partial charge on any atom is -0.497 e. The monoisotopic (exact) mass is 668 g/mol. The van der Waals surface area contributed by atoms with Crippen LogP contribution >= 0.6 is 38.9 Å². The number of thiazole rings is 1. The number of ether oxygens (including phenoxy) is 2. The highest BCUT2D eigenvalue weighted by Crippen LogP contribution is 2.41. The highest BCUT2D eigenvalue weighted by molar-refractivity contribution is 9.10. The van der Waals surface area contributed by atoms with Gasteiger partial charge in [0.25, 0.3) is 5.56 Å².